The zero-order chi connectivity index (χ0) is 22.6. The molecule has 0 radical (unpaired) electrons. The number of thiazole rings is 1. The molecule has 0 saturated heterocycles. The molecule has 0 bridgehead atoms. The van der Waals surface area contributed by atoms with Crippen molar-refractivity contribution in [1.29, 1.82) is 0 Å². The highest BCUT2D eigenvalue weighted by Crippen LogP contribution is 2.34. The standard InChI is InChI=1S/C22H27N3O4S2.ClH/c1-5-31(27,28)17-10-6-9-16(15-17)21(26)25(14-8-13-24(2)3)22-23-20-18(29-4)11-7-12-19(20)30-22;/h6-7,9-12,15H,5,8,13-14H2,1-4H3;1H. The van der Waals surface area contributed by atoms with E-state index in [9.17, 15) is 13.2 Å². The maximum atomic E-state index is 13.5. The molecule has 0 spiro atoms. The largest absolute Gasteiger partial charge is 0.494 e. The van der Waals surface area contributed by atoms with Crippen LogP contribution in [-0.4, -0.2) is 64.3 Å². The Bertz CT molecular complexity index is 1180. The van der Waals surface area contributed by atoms with Gasteiger partial charge in [-0.05, 0) is 57.4 Å². The van der Waals surface area contributed by atoms with Crippen molar-refractivity contribution in [2.45, 2.75) is 18.2 Å². The number of aromatic nitrogens is 1. The third kappa shape index (κ3) is 5.78. The Morgan fingerprint density at radius 1 is 1.12 bits per heavy atom. The number of hydrogen-bond donors (Lipinski definition) is 0. The average Bonchev–Trinajstić information content (AvgIpc) is 3.20. The van der Waals surface area contributed by atoms with E-state index >= 15 is 0 Å². The lowest BCUT2D eigenvalue weighted by Crippen LogP contribution is -2.33. The van der Waals surface area contributed by atoms with E-state index in [1.165, 1.54) is 23.5 Å². The van der Waals surface area contributed by atoms with Gasteiger partial charge in [-0.1, -0.05) is 30.4 Å². The number of rotatable bonds is 9. The maximum absolute atomic E-state index is 13.5. The number of hydrogen-bond acceptors (Lipinski definition) is 7. The fourth-order valence-electron chi connectivity index (χ4n) is 3.17. The van der Waals surface area contributed by atoms with Crippen LogP contribution in [0.3, 0.4) is 0 Å². The first-order valence-electron chi connectivity index (χ1n) is 9.99. The van der Waals surface area contributed by atoms with Gasteiger partial charge in [0.1, 0.15) is 11.3 Å². The van der Waals surface area contributed by atoms with Crippen LogP contribution in [0.1, 0.15) is 23.7 Å². The Morgan fingerprint density at radius 2 is 1.84 bits per heavy atom. The van der Waals surface area contributed by atoms with E-state index in [1.54, 1.807) is 31.1 Å². The highest BCUT2D eigenvalue weighted by Gasteiger charge is 2.23. The summed E-state index contributed by atoms with van der Waals surface area (Å²) in [5, 5.41) is 0.562. The summed E-state index contributed by atoms with van der Waals surface area (Å²) in [5.41, 5.74) is 1.03. The molecular weight excluding hydrogens is 470 g/mol. The van der Waals surface area contributed by atoms with Crippen LogP contribution in [0.25, 0.3) is 10.2 Å². The number of fused-ring (bicyclic) bond motifs is 1. The summed E-state index contributed by atoms with van der Waals surface area (Å²) in [7, 11) is 2.14. The lowest BCUT2D eigenvalue weighted by molar-refractivity contribution is 0.0986. The number of methoxy groups -OCH3 is 1. The molecule has 0 aliphatic rings. The number of nitrogens with zero attached hydrogens (tertiary/aromatic N) is 3. The van der Waals surface area contributed by atoms with Crippen LogP contribution < -0.4 is 9.64 Å². The summed E-state index contributed by atoms with van der Waals surface area (Å²) in [6.45, 7) is 2.86. The smallest absolute Gasteiger partial charge is 0.260 e. The number of carbonyl (C=O) groups excluding carboxylic acids is 1. The molecule has 3 rings (SSSR count). The van der Waals surface area contributed by atoms with Crippen molar-refractivity contribution in [2.24, 2.45) is 0 Å². The van der Waals surface area contributed by atoms with E-state index < -0.39 is 9.84 Å². The van der Waals surface area contributed by atoms with Crippen molar-refractivity contribution in [3.8, 4) is 5.75 Å². The van der Waals surface area contributed by atoms with Crippen LogP contribution in [0.4, 0.5) is 5.13 Å². The number of para-hydroxylation sites is 1. The lowest BCUT2D eigenvalue weighted by Gasteiger charge is -2.21. The molecule has 2 aromatic carbocycles. The molecule has 0 unspecified atom stereocenters. The number of amides is 1. The molecule has 7 nitrogen and oxygen atoms in total. The third-order valence-corrected chi connectivity index (χ3v) is 7.65. The predicted molar refractivity (Wildman–Crippen MR) is 132 cm³/mol. The number of carbonyl (C=O) groups is 1. The average molecular weight is 498 g/mol. The van der Waals surface area contributed by atoms with Gasteiger partial charge in [-0.15, -0.1) is 12.4 Å². The van der Waals surface area contributed by atoms with Gasteiger partial charge in [-0.3, -0.25) is 9.69 Å². The summed E-state index contributed by atoms with van der Waals surface area (Å²) in [4.78, 5) is 22.0. The minimum absolute atomic E-state index is 0. The molecular formula is C22H28ClN3O4S2. The van der Waals surface area contributed by atoms with Crippen molar-refractivity contribution in [3.05, 3.63) is 48.0 Å². The quantitative estimate of drug-likeness (QED) is 0.442. The van der Waals surface area contributed by atoms with Gasteiger partial charge in [0.25, 0.3) is 5.91 Å². The summed E-state index contributed by atoms with van der Waals surface area (Å²) in [5.74, 6) is 0.358. The first-order chi connectivity index (χ1) is 14.8. The fraction of sp³-hybridized carbons (Fsp3) is 0.364. The van der Waals surface area contributed by atoms with Gasteiger partial charge in [0.15, 0.2) is 15.0 Å². The number of sulfone groups is 1. The van der Waals surface area contributed by atoms with Gasteiger partial charge in [-0.25, -0.2) is 13.4 Å². The SMILES string of the molecule is CCS(=O)(=O)c1cccc(C(=O)N(CCCN(C)C)c2nc3c(OC)cccc3s2)c1.Cl. The molecule has 0 aliphatic carbocycles. The number of halogens is 1. The van der Waals surface area contributed by atoms with Crippen molar-refractivity contribution >= 4 is 54.8 Å². The predicted octanol–water partition coefficient (Wildman–Crippen LogP) is 4.12. The summed E-state index contributed by atoms with van der Waals surface area (Å²) in [6.07, 6.45) is 0.749. The molecule has 10 heteroatoms. The van der Waals surface area contributed by atoms with E-state index in [2.05, 4.69) is 9.88 Å². The normalized spacial score (nSPS) is 11.4. The molecule has 0 atom stereocenters. The molecule has 1 heterocycles. The fourth-order valence-corrected chi connectivity index (χ4v) is 5.10. The molecule has 0 fully saturated rings. The molecule has 174 valence electrons. The Morgan fingerprint density at radius 3 is 2.50 bits per heavy atom. The monoisotopic (exact) mass is 497 g/mol. The molecule has 32 heavy (non-hydrogen) atoms. The number of anilines is 1. The van der Waals surface area contributed by atoms with Gasteiger partial charge < -0.3 is 9.64 Å². The highest BCUT2D eigenvalue weighted by atomic mass is 35.5. The second-order valence-corrected chi connectivity index (χ2v) is 10.6. The van der Waals surface area contributed by atoms with Gasteiger partial charge in [0.05, 0.1) is 22.5 Å². The Balaban J connectivity index is 0.00000363. The van der Waals surface area contributed by atoms with Crippen molar-refractivity contribution < 1.29 is 17.9 Å². The van der Waals surface area contributed by atoms with Gasteiger partial charge in [0, 0.05) is 12.1 Å². The Kier molecular flexibility index (Phi) is 9.03. The van der Waals surface area contributed by atoms with E-state index in [4.69, 9.17) is 4.74 Å². The molecule has 1 aromatic heterocycles. The van der Waals surface area contributed by atoms with Crippen molar-refractivity contribution in [2.75, 3.05) is 44.9 Å². The molecule has 0 saturated carbocycles. The highest BCUT2D eigenvalue weighted by molar-refractivity contribution is 7.91. The minimum atomic E-state index is -3.41. The topological polar surface area (TPSA) is 79.8 Å². The van der Waals surface area contributed by atoms with Crippen LogP contribution in [0.2, 0.25) is 0 Å². The van der Waals surface area contributed by atoms with E-state index in [0.29, 0.717) is 28.5 Å². The summed E-state index contributed by atoms with van der Waals surface area (Å²) < 4.78 is 30.9. The molecule has 0 N–H and O–H groups in total. The van der Waals surface area contributed by atoms with E-state index in [0.717, 1.165) is 17.7 Å². The molecule has 1 amide bonds. The zero-order valence-electron chi connectivity index (χ0n) is 18.6. The maximum Gasteiger partial charge on any atom is 0.260 e. The zero-order valence-corrected chi connectivity index (χ0v) is 21.0. The van der Waals surface area contributed by atoms with Gasteiger partial charge >= 0.3 is 0 Å². The number of benzene rings is 2. The van der Waals surface area contributed by atoms with E-state index in [-0.39, 0.29) is 29.0 Å². The van der Waals surface area contributed by atoms with Crippen LogP contribution in [-0.2, 0) is 9.84 Å². The van der Waals surface area contributed by atoms with Gasteiger partial charge in [0.2, 0.25) is 0 Å². The third-order valence-electron chi connectivity index (χ3n) is 4.87. The van der Waals surface area contributed by atoms with E-state index in [1.807, 2.05) is 32.3 Å². The Labute approximate surface area is 199 Å². The molecule has 3 aromatic rings. The first kappa shape index (κ1) is 26.1. The van der Waals surface area contributed by atoms with Crippen molar-refractivity contribution in [3.63, 3.8) is 0 Å². The van der Waals surface area contributed by atoms with Crippen LogP contribution in [0.15, 0.2) is 47.4 Å². The van der Waals surface area contributed by atoms with Crippen LogP contribution >= 0.6 is 23.7 Å². The second-order valence-electron chi connectivity index (χ2n) is 7.35. The van der Waals surface area contributed by atoms with Crippen LogP contribution in [0.5, 0.6) is 5.75 Å². The Hall–Kier alpha value is -2.20. The first-order valence-corrected chi connectivity index (χ1v) is 12.5. The minimum Gasteiger partial charge on any atom is -0.494 e. The summed E-state index contributed by atoms with van der Waals surface area (Å²) >= 11 is 1.41. The molecule has 0 aliphatic heterocycles. The van der Waals surface area contributed by atoms with Gasteiger partial charge in [-0.2, -0.15) is 0 Å². The summed E-state index contributed by atoms with van der Waals surface area (Å²) in [6, 6.07) is 11.9. The number of ether oxygens (including phenoxy) is 1. The lowest BCUT2D eigenvalue weighted by atomic mass is 10.2. The van der Waals surface area contributed by atoms with Crippen molar-refractivity contribution in [1.82, 2.24) is 9.88 Å². The van der Waals surface area contributed by atoms with Crippen LogP contribution in [0, 0.1) is 0 Å². The second kappa shape index (κ2) is 11.1.